The van der Waals surface area contributed by atoms with Crippen molar-refractivity contribution in [2.45, 2.75) is 12.5 Å². The van der Waals surface area contributed by atoms with E-state index in [0.717, 1.165) is 11.1 Å². The van der Waals surface area contributed by atoms with Crippen molar-refractivity contribution < 1.29 is 9.90 Å². The van der Waals surface area contributed by atoms with E-state index in [1.54, 1.807) is 6.07 Å². The molecule has 0 aliphatic heterocycles. The molecule has 0 bridgehead atoms. The Morgan fingerprint density at radius 3 is 2.52 bits per heavy atom. The first kappa shape index (κ1) is 18.4. The molecule has 2 unspecified atom stereocenters. The van der Waals surface area contributed by atoms with Crippen LogP contribution >= 0.6 is 36.9 Å². The van der Waals surface area contributed by atoms with Gasteiger partial charge in [0.1, 0.15) is 11.2 Å². The van der Waals surface area contributed by atoms with E-state index in [1.807, 2.05) is 24.3 Å². The molecule has 0 radical (unpaired) electrons. The summed E-state index contributed by atoms with van der Waals surface area (Å²) in [7, 11) is 4.46. The highest BCUT2D eigenvalue weighted by molar-refractivity contribution is 8.42. The monoisotopic (exact) mass is 388 g/mol. The average molecular weight is 389 g/mol. The number of nitrogens with two attached hydrogens (primary N) is 1. The maximum atomic E-state index is 11.3. The van der Waals surface area contributed by atoms with Gasteiger partial charge in [-0.1, -0.05) is 53.7 Å². The minimum Gasteiger partial charge on any atom is -0.480 e. The molecule has 0 spiro atoms. The molecule has 3 atom stereocenters. The number of carboxylic acid groups (broad SMARTS) is 1. The maximum absolute atomic E-state index is 11.3. The molecular weight excluding hydrogens is 373 g/mol. The third kappa shape index (κ3) is 5.60. The molecule has 0 saturated carbocycles. The van der Waals surface area contributed by atoms with E-state index in [0.29, 0.717) is 12.1 Å². The molecule has 2 rings (SSSR count). The fraction of sp³-hybridized carbons (Fsp3) is 0.154. The summed E-state index contributed by atoms with van der Waals surface area (Å²) in [5.41, 5.74) is 7.96. The molecule has 4 N–H and O–H groups in total. The summed E-state index contributed by atoms with van der Waals surface area (Å²) in [6.45, 7) is 0. The molecule has 1 aromatic carbocycles. The summed E-state index contributed by atoms with van der Waals surface area (Å²) in [6.07, 6.45) is 0.393. The van der Waals surface area contributed by atoms with Gasteiger partial charge < -0.3 is 10.8 Å². The van der Waals surface area contributed by atoms with Gasteiger partial charge in [0.25, 0.3) is 0 Å². The van der Waals surface area contributed by atoms with Crippen LogP contribution in [0, 0.1) is 0 Å². The Morgan fingerprint density at radius 2 is 2.00 bits per heavy atom. The predicted molar refractivity (Wildman–Crippen MR) is 101 cm³/mol. The Hall–Kier alpha value is -0.890. The Balaban J connectivity index is 2.17. The number of hydrogen-bond donors (Lipinski definition) is 3. The van der Waals surface area contributed by atoms with Gasteiger partial charge in [-0.2, -0.15) is 0 Å². The number of halogens is 1. The summed E-state index contributed by atoms with van der Waals surface area (Å²) in [6, 6.07) is 8.45. The minimum absolute atomic E-state index is 0.112. The zero-order valence-electron chi connectivity index (χ0n) is 12.0. The van der Waals surface area contributed by atoms with Crippen LogP contribution in [0.15, 0.2) is 30.3 Å². The standard InChI is InChI=1S/C13H16ClN4O2P3/c14-11-6-9(16-13(15)17-11)8-3-1-7(2-4-8)5-10(12(19)20)18-23(21)22/h1-4,6,10,18H,5,21-22H2,(H,19,20)(H2,15,16,17)/t10-/m0/s1. The fourth-order valence-electron chi connectivity index (χ4n) is 2.00. The summed E-state index contributed by atoms with van der Waals surface area (Å²) >= 11 is 5.88. The van der Waals surface area contributed by atoms with Gasteiger partial charge in [-0.25, -0.2) is 9.97 Å². The topological polar surface area (TPSA) is 101 Å². The van der Waals surface area contributed by atoms with Crippen LogP contribution in [-0.4, -0.2) is 27.1 Å². The highest BCUT2D eigenvalue weighted by atomic mass is 35.5. The summed E-state index contributed by atoms with van der Waals surface area (Å²) in [4.78, 5) is 19.2. The smallest absolute Gasteiger partial charge is 0.321 e. The lowest BCUT2D eigenvalue weighted by Gasteiger charge is -2.17. The van der Waals surface area contributed by atoms with Crippen molar-refractivity contribution in [1.82, 2.24) is 15.1 Å². The Kier molecular flexibility index (Phi) is 6.64. The zero-order chi connectivity index (χ0) is 17.0. The van der Waals surface area contributed by atoms with Gasteiger partial charge in [-0.05, 0) is 19.4 Å². The van der Waals surface area contributed by atoms with Gasteiger partial charge in [-0.15, -0.1) is 0 Å². The molecule has 0 fully saturated rings. The second-order valence-electron chi connectivity index (χ2n) is 4.76. The van der Waals surface area contributed by atoms with Gasteiger partial charge in [-0.3, -0.25) is 9.88 Å². The van der Waals surface area contributed by atoms with Gasteiger partial charge in [0, 0.05) is 11.6 Å². The second-order valence-corrected chi connectivity index (χ2v) is 11.3. The molecule has 2 aromatic rings. The van der Waals surface area contributed by atoms with Crippen LogP contribution in [0.4, 0.5) is 5.95 Å². The SMILES string of the molecule is Nc1nc(Cl)cc(-c2ccc(C[C@H](NP(P)P)C(=O)O)cc2)n1. The highest BCUT2D eigenvalue weighted by Crippen LogP contribution is 2.48. The van der Waals surface area contributed by atoms with Crippen molar-refractivity contribution in [3.63, 3.8) is 0 Å². The molecule has 0 amide bonds. The molecule has 0 aliphatic carbocycles. The number of carboxylic acids is 1. The first-order valence-corrected chi connectivity index (χ1v) is 11.5. The van der Waals surface area contributed by atoms with Crippen LogP contribution < -0.4 is 10.8 Å². The van der Waals surface area contributed by atoms with Crippen molar-refractivity contribution in [3.05, 3.63) is 41.0 Å². The molecule has 0 saturated heterocycles. The zero-order valence-corrected chi connectivity index (χ0v) is 15.9. The van der Waals surface area contributed by atoms with Crippen LogP contribution in [0.1, 0.15) is 5.56 Å². The van der Waals surface area contributed by atoms with Crippen LogP contribution in [0.3, 0.4) is 0 Å². The van der Waals surface area contributed by atoms with E-state index < -0.39 is 19.5 Å². The van der Waals surface area contributed by atoms with Crippen LogP contribution in [0.25, 0.3) is 11.3 Å². The number of nitrogen functional groups attached to an aromatic ring is 1. The quantitative estimate of drug-likeness (QED) is 0.519. The van der Waals surface area contributed by atoms with Crippen molar-refractivity contribution in [2.24, 2.45) is 0 Å². The third-order valence-corrected chi connectivity index (χ3v) is 4.70. The highest BCUT2D eigenvalue weighted by Gasteiger charge is 2.18. The first-order chi connectivity index (χ1) is 10.8. The molecule has 1 heterocycles. The van der Waals surface area contributed by atoms with E-state index in [-0.39, 0.29) is 11.1 Å². The predicted octanol–water partition coefficient (Wildman–Crippen LogP) is 2.94. The number of nitrogens with zero attached hydrogens (tertiary/aromatic N) is 2. The molecule has 23 heavy (non-hydrogen) atoms. The normalized spacial score (nSPS) is 12.3. The van der Waals surface area contributed by atoms with Crippen LogP contribution in [-0.2, 0) is 11.2 Å². The second kappa shape index (κ2) is 8.28. The number of carbonyl (C=O) groups is 1. The number of hydrogen-bond acceptors (Lipinski definition) is 5. The van der Waals surface area contributed by atoms with Gasteiger partial charge >= 0.3 is 5.97 Å². The lowest BCUT2D eigenvalue weighted by Crippen LogP contribution is -2.33. The van der Waals surface area contributed by atoms with Crippen molar-refractivity contribution in [1.29, 1.82) is 0 Å². The Labute approximate surface area is 144 Å². The van der Waals surface area contributed by atoms with E-state index in [1.165, 1.54) is 0 Å². The van der Waals surface area contributed by atoms with Gasteiger partial charge in [0.2, 0.25) is 5.95 Å². The number of aliphatic carboxylic acids is 1. The minimum atomic E-state index is -0.873. The average Bonchev–Trinajstić information content (AvgIpc) is 2.45. The van der Waals surface area contributed by atoms with Gasteiger partial charge in [0.15, 0.2) is 0 Å². The molecule has 0 aliphatic rings. The third-order valence-electron chi connectivity index (χ3n) is 3.00. The Morgan fingerprint density at radius 1 is 1.35 bits per heavy atom. The number of aromatic nitrogens is 2. The molecular formula is C13H16ClN4O2P3. The molecule has 6 nitrogen and oxygen atoms in total. The van der Waals surface area contributed by atoms with E-state index in [2.05, 4.69) is 32.9 Å². The van der Waals surface area contributed by atoms with Gasteiger partial charge in [0.05, 0.1) is 5.69 Å². The van der Waals surface area contributed by atoms with E-state index >= 15 is 0 Å². The van der Waals surface area contributed by atoms with E-state index in [4.69, 9.17) is 17.3 Å². The number of rotatable bonds is 6. The van der Waals surface area contributed by atoms with Crippen LogP contribution in [0.5, 0.6) is 0 Å². The van der Waals surface area contributed by atoms with E-state index in [9.17, 15) is 9.90 Å². The lowest BCUT2D eigenvalue weighted by atomic mass is 10.0. The van der Waals surface area contributed by atoms with Crippen molar-refractivity contribution in [2.75, 3.05) is 5.73 Å². The van der Waals surface area contributed by atoms with Crippen molar-refractivity contribution >= 4 is 48.8 Å². The fourth-order valence-corrected chi connectivity index (χ4v) is 3.83. The number of anilines is 1. The summed E-state index contributed by atoms with van der Waals surface area (Å²) < 4.78 is 0. The lowest BCUT2D eigenvalue weighted by molar-refractivity contribution is -0.138. The largest absolute Gasteiger partial charge is 0.480 e. The maximum Gasteiger partial charge on any atom is 0.321 e. The molecule has 10 heteroatoms. The van der Waals surface area contributed by atoms with Crippen LogP contribution in [0.2, 0.25) is 5.15 Å². The summed E-state index contributed by atoms with van der Waals surface area (Å²) in [5.74, 6) is -0.761. The van der Waals surface area contributed by atoms with Crippen molar-refractivity contribution in [3.8, 4) is 11.3 Å². The number of benzene rings is 1. The summed E-state index contributed by atoms with van der Waals surface area (Å²) in [5, 5.41) is 12.6. The Bertz CT molecular complexity index is 680. The molecule has 122 valence electrons. The number of nitrogens with one attached hydrogen (secondary N) is 1. The first-order valence-electron chi connectivity index (χ1n) is 6.53. The molecule has 1 aromatic heterocycles.